The maximum absolute atomic E-state index is 11.9. The van der Waals surface area contributed by atoms with Gasteiger partial charge in [0.1, 0.15) is 0 Å². The predicted octanol–water partition coefficient (Wildman–Crippen LogP) is -0.130. The van der Waals surface area contributed by atoms with Crippen molar-refractivity contribution in [2.45, 2.75) is 17.4 Å². The van der Waals surface area contributed by atoms with E-state index in [2.05, 4.69) is 5.32 Å². The van der Waals surface area contributed by atoms with Gasteiger partial charge in [0.2, 0.25) is 5.91 Å². The van der Waals surface area contributed by atoms with E-state index in [-0.39, 0.29) is 17.4 Å². The van der Waals surface area contributed by atoms with Crippen LogP contribution in [0.1, 0.15) is 6.42 Å². The Labute approximate surface area is 112 Å². The molecule has 0 spiro atoms. The first kappa shape index (κ1) is 14.0. The molecule has 0 bridgehead atoms. The fourth-order valence-corrected chi connectivity index (χ4v) is 2.82. The lowest BCUT2D eigenvalue weighted by atomic mass is 10.2. The number of hydrogen-bond donors (Lipinski definition) is 2. The lowest BCUT2D eigenvalue weighted by Gasteiger charge is -2.22. The van der Waals surface area contributed by atoms with Crippen molar-refractivity contribution in [3.8, 4) is 0 Å². The van der Waals surface area contributed by atoms with Crippen LogP contribution < -0.4 is 10.0 Å². The van der Waals surface area contributed by atoms with Crippen molar-refractivity contribution in [3.05, 3.63) is 30.3 Å². The van der Waals surface area contributed by atoms with Gasteiger partial charge < -0.3 is 10.1 Å². The lowest BCUT2D eigenvalue weighted by molar-refractivity contribution is -0.122. The summed E-state index contributed by atoms with van der Waals surface area (Å²) >= 11 is 0. The molecule has 104 valence electrons. The first-order valence-corrected chi connectivity index (χ1v) is 7.49. The van der Waals surface area contributed by atoms with Crippen molar-refractivity contribution in [1.82, 2.24) is 10.0 Å². The largest absolute Gasteiger partial charge is 0.375 e. The second kappa shape index (κ2) is 6.14. The van der Waals surface area contributed by atoms with E-state index >= 15 is 0 Å². The molecule has 7 heteroatoms. The van der Waals surface area contributed by atoms with Gasteiger partial charge in [-0.3, -0.25) is 4.79 Å². The number of amides is 1. The Morgan fingerprint density at radius 1 is 1.37 bits per heavy atom. The van der Waals surface area contributed by atoms with Crippen molar-refractivity contribution in [2.24, 2.45) is 0 Å². The van der Waals surface area contributed by atoms with E-state index in [0.29, 0.717) is 13.2 Å². The van der Waals surface area contributed by atoms with E-state index in [4.69, 9.17) is 4.74 Å². The molecule has 0 aliphatic carbocycles. The van der Waals surface area contributed by atoms with Crippen LogP contribution in [-0.4, -0.2) is 40.1 Å². The molecule has 1 aromatic carbocycles. The summed E-state index contributed by atoms with van der Waals surface area (Å²) < 4.78 is 31.2. The Morgan fingerprint density at radius 3 is 2.74 bits per heavy atom. The van der Waals surface area contributed by atoms with Crippen molar-refractivity contribution in [1.29, 1.82) is 0 Å². The van der Waals surface area contributed by atoms with Gasteiger partial charge in [-0.2, -0.15) is 0 Å². The number of ether oxygens (including phenoxy) is 1. The van der Waals surface area contributed by atoms with E-state index in [1.54, 1.807) is 18.2 Å². The van der Waals surface area contributed by atoms with Crippen LogP contribution in [-0.2, 0) is 19.6 Å². The maximum atomic E-state index is 11.9. The summed E-state index contributed by atoms with van der Waals surface area (Å²) in [5.74, 6) is -0.558. The van der Waals surface area contributed by atoms with E-state index in [0.717, 1.165) is 6.54 Å². The predicted molar refractivity (Wildman–Crippen MR) is 69.0 cm³/mol. The number of rotatable bonds is 4. The van der Waals surface area contributed by atoms with E-state index in [1.165, 1.54) is 12.1 Å². The molecule has 0 radical (unpaired) electrons. The molecule has 6 nitrogen and oxygen atoms in total. The molecule has 1 saturated heterocycles. The summed E-state index contributed by atoms with van der Waals surface area (Å²) in [4.78, 5) is 11.8. The highest BCUT2D eigenvalue weighted by molar-refractivity contribution is 7.90. The first-order chi connectivity index (χ1) is 9.08. The molecule has 1 fully saturated rings. The third kappa shape index (κ3) is 4.02. The molecular formula is C12H16N2O4S. The van der Waals surface area contributed by atoms with Crippen LogP contribution in [0.25, 0.3) is 0 Å². The molecular weight excluding hydrogens is 268 g/mol. The normalized spacial score (nSPS) is 19.9. The fraction of sp³-hybridized carbons (Fsp3) is 0.417. The van der Waals surface area contributed by atoms with Crippen molar-refractivity contribution >= 4 is 15.9 Å². The number of benzene rings is 1. The Kier molecular flexibility index (Phi) is 4.52. The van der Waals surface area contributed by atoms with Crippen molar-refractivity contribution in [2.75, 3.05) is 19.7 Å². The quantitative estimate of drug-likeness (QED) is 0.804. The molecule has 1 amide bonds. The van der Waals surface area contributed by atoms with Gasteiger partial charge in [0.15, 0.2) is 0 Å². The highest BCUT2D eigenvalue weighted by atomic mass is 32.2. The van der Waals surface area contributed by atoms with Gasteiger partial charge in [-0.15, -0.1) is 0 Å². The fourth-order valence-electron chi connectivity index (χ4n) is 1.81. The number of morpholine rings is 1. The van der Waals surface area contributed by atoms with Crippen LogP contribution in [0.15, 0.2) is 35.2 Å². The Bertz CT molecular complexity index is 524. The monoisotopic (exact) mass is 284 g/mol. The molecule has 2 rings (SSSR count). The van der Waals surface area contributed by atoms with Crippen LogP contribution in [0.3, 0.4) is 0 Å². The molecule has 1 atom stereocenters. The zero-order chi connectivity index (χ0) is 13.7. The smallest absolute Gasteiger partial charge is 0.264 e. The van der Waals surface area contributed by atoms with E-state index in [1.807, 2.05) is 4.72 Å². The summed E-state index contributed by atoms with van der Waals surface area (Å²) in [6, 6.07) is 7.80. The van der Waals surface area contributed by atoms with Gasteiger partial charge in [-0.25, -0.2) is 13.1 Å². The zero-order valence-corrected chi connectivity index (χ0v) is 11.2. The average Bonchev–Trinajstić information content (AvgIpc) is 2.40. The minimum Gasteiger partial charge on any atom is -0.375 e. The Morgan fingerprint density at radius 2 is 2.11 bits per heavy atom. The standard InChI is InChI=1S/C12H16N2O4S/c15-12(8-10-9-13-6-7-18-10)14-19(16,17)11-4-2-1-3-5-11/h1-5,10,13H,6-9H2,(H,14,15). The second-order valence-electron chi connectivity index (χ2n) is 4.24. The molecule has 1 heterocycles. The lowest BCUT2D eigenvalue weighted by Crippen LogP contribution is -2.42. The zero-order valence-electron chi connectivity index (χ0n) is 10.3. The summed E-state index contributed by atoms with van der Waals surface area (Å²) in [5, 5.41) is 3.08. The summed E-state index contributed by atoms with van der Waals surface area (Å²) in [6.07, 6.45) is -0.251. The van der Waals surface area contributed by atoms with Crippen molar-refractivity contribution in [3.63, 3.8) is 0 Å². The maximum Gasteiger partial charge on any atom is 0.264 e. The molecule has 1 unspecified atom stereocenters. The number of sulfonamides is 1. The van der Waals surface area contributed by atoms with Gasteiger partial charge in [-0.05, 0) is 12.1 Å². The average molecular weight is 284 g/mol. The van der Waals surface area contributed by atoms with Crippen LogP contribution in [0.5, 0.6) is 0 Å². The molecule has 2 N–H and O–H groups in total. The van der Waals surface area contributed by atoms with Gasteiger partial charge in [0.05, 0.1) is 24.0 Å². The SMILES string of the molecule is O=C(CC1CNCCO1)NS(=O)(=O)c1ccccc1. The van der Waals surface area contributed by atoms with E-state index in [9.17, 15) is 13.2 Å². The Hall–Kier alpha value is -1.44. The van der Waals surface area contributed by atoms with Crippen LogP contribution >= 0.6 is 0 Å². The molecule has 0 aromatic heterocycles. The number of carbonyl (C=O) groups is 1. The molecule has 1 aliphatic rings. The third-order valence-electron chi connectivity index (χ3n) is 2.72. The highest BCUT2D eigenvalue weighted by Crippen LogP contribution is 2.08. The van der Waals surface area contributed by atoms with Gasteiger partial charge in [0.25, 0.3) is 10.0 Å². The molecule has 0 saturated carbocycles. The van der Waals surface area contributed by atoms with Crippen LogP contribution in [0.2, 0.25) is 0 Å². The summed E-state index contributed by atoms with van der Waals surface area (Å²) in [5.41, 5.74) is 0. The molecule has 1 aliphatic heterocycles. The second-order valence-corrected chi connectivity index (χ2v) is 5.93. The third-order valence-corrected chi connectivity index (χ3v) is 4.11. The van der Waals surface area contributed by atoms with Gasteiger partial charge in [-0.1, -0.05) is 18.2 Å². The minimum absolute atomic E-state index is 0.0268. The van der Waals surface area contributed by atoms with Gasteiger partial charge in [0, 0.05) is 13.1 Å². The molecule has 19 heavy (non-hydrogen) atoms. The summed E-state index contributed by atoms with van der Waals surface area (Å²) in [6.45, 7) is 1.84. The topological polar surface area (TPSA) is 84.5 Å². The highest BCUT2D eigenvalue weighted by Gasteiger charge is 2.22. The molecule has 1 aromatic rings. The Balaban J connectivity index is 1.94. The van der Waals surface area contributed by atoms with Crippen molar-refractivity contribution < 1.29 is 17.9 Å². The van der Waals surface area contributed by atoms with Crippen LogP contribution in [0.4, 0.5) is 0 Å². The van der Waals surface area contributed by atoms with E-state index < -0.39 is 15.9 Å². The van der Waals surface area contributed by atoms with Crippen LogP contribution in [0, 0.1) is 0 Å². The van der Waals surface area contributed by atoms with Gasteiger partial charge >= 0.3 is 0 Å². The minimum atomic E-state index is -3.79. The first-order valence-electron chi connectivity index (χ1n) is 6.01. The number of hydrogen-bond acceptors (Lipinski definition) is 5. The number of carbonyl (C=O) groups excluding carboxylic acids is 1. The number of nitrogens with one attached hydrogen (secondary N) is 2. The summed E-state index contributed by atoms with van der Waals surface area (Å²) in [7, 11) is -3.79.